The summed E-state index contributed by atoms with van der Waals surface area (Å²) in [5.74, 6) is 2.38. The molecule has 0 saturated carbocycles. The molecular weight excluding hydrogens is 308 g/mol. The second-order valence-electron chi connectivity index (χ2n) is 4.47. The first-order chi connectivity index (χ1) is 11.9. The molecule has 0 fully saturated rings. The van der Waals surface area contributed by atoms with Crippen LogP contribution in [0.4, 0.5) is 0 Å². The van der Waals surface area contributed by atoms with E-state index in [9.17, 15) is 0 Å². The lowest BCUT2D eigenvalue weighted by molar-refractivity contribution is 0.505. The number of hydrogen-bond acceptors (Lipinski definition) is 4. The molecule has 2 rings (SSSR count). The van der Waals surface area contributed by atoms with Crippen molar-refractivity contribution in [2.24, 2.45) is 0 Å². The molecule has 0 bridgehead atoms. The Balaban J connectivity index is -0.000000121. The van der Waals surface area contributed by atoms with E-state index in [-0.39, 0.29) is 0 Å². The summed E-state index contributed by atoms with van der Waals surface area (Å²) in [5, 5.41) is 0. The smallest absolute Gasteiger partial charge is 0.129 e. The Kier molecular flexibility index (Phi) is 33.6. The molecule has 25 heavy (non-hydrogen) atoms. The predicted octanol–water partition coefficient (Wildman–Crippen LogP) is 5.74. The van der Waals surface area contributed by atoms with Gasteiger partial charge in [0.25, 0.3) is 0 Å². The largest absolute Gasteiger partial charge is 0.312 e. The van der Waals surface area contributed by atoms with E-state index in [1.165, 1.54) is 0 Å². The van der Waals surface area contributed by atoms with E-state index in [0.717, 1.165) is 17.5 Å². The van der Waals surface area contributed by atoms with E-state index in [2.05, 4.69) is 15.0 Å². The Morgan fingerprint density at radius 3 is 0.720 bits per heavy atom. The zero-order chi connectivity index (χ0) is 20.7. The molecule has 2 aromatic rings. The van der Waals surface area contributed by atoms with E-state index in [1.54, 1.807) is 0 Å². The van der Waals surface area contributed by atoms with Crippen LogP contribution in [0, 0.1) is 20.8 Å². The van der Waals surface area contributed by atoms with Crippen LogP contribution in [0.1, 0.15) is 59.0 Å². The summed E-state index contributed by atoms with van der Waals surface area (Å²) in [6.07, 6.45) is 0. The van der Waals surface area contributed by atoms with Gasteiger partial charge in [0, 0.05) is 0 Å². The first-order valence-electron chi connectivity index (χ1n) is 9.18. The lowest BCUT2D eigenvalue weighted by Gasteiger charge is -1.94. The van der Waals surface area contributed by atoms with E-state index in [0.29, 0.717) is 0 Å². The van der Waals surface area contributed by atoms with Crippen molar-refractivity contribution in [1.82, 2.24) is 19.9 Å². The van der Waals surface area contributed by atoms with Gasteiger partial charge in [-0.15, -0.1) is 0 Å². The van der Waals surface area contributed by atoms with Gasteiger partial charge in [0.05, 0.1) is 0 Å². The lowest BCUT2D eigenvalue weighted by atomic mass is 10.4. The average molecular weight is 351 g/mol. The van der Waals surface area contributed by atoms with Crippen molar-refractivity contribution < 1.29 is 0 Å². The highest BCUT2D eigenvalue weighted by atomic mass is 15.0. The fraction of sp³-hybridized carbons (Fsp3) is 0.571. The van der Waals surface area contributed by atoms with Crippen LogP contribution in [0.15, 0.2) is 36.4 Å². The maximum atomic E-state index is 4.01. The molecule has 0 atom stereocenters. The molecule has 0 saturated heterocycles. The van der Waals surface area contributed by atoms with Crippen LogP contribution in [-0.4, -0.2) is 41.0 Å². The van der Waals surface area contributed by atoms with Gasteiger partial charge in [0.15, 0.2) is 0 Å². The van der Waals surface area contributed by atoms with Gasteiger partial charge in [-0.25, -0.2) is 15.0 Å². The fourth-order valence-corrected chi connectivity index (χ4v) is 1.16. The van der Waals surface area contributed by atoms with E-state index >= 15 is 0 Å². The van der Waals surface area contributed by atoms with Crippen molar-refractivity contribution in [2.45, 2.75) is 62.3 Å². The van der Waals surface area contributed by atoms with Crippen LogP contribution < -0.4 is 0 Å². The van der Waals surface area contributed by atoms with Crippen LogP contribution in [0.3, 0.4) is 0 Å². The summed E-state index contributed by atoms with van der Waals surface area (Å²) >= 11 is 0. The van der Waals surface area contributed by atoms with Crippen molar-refractivity contribution in [2.75, 3.05) is 21.1 Å². The van der Waals surface area contributed by atoms with Crippen molar-refractivity contribution in [1.29, 1.82) is 0 Å². The first kappa shape index (κ1) is 31.0. The van der Waals surface area contributed by atoms with Gasteiger partial charge in [-0.05, 0) is 41.9 Å². The Hall–Kier alpha value is -1.81. The molecular formula is C21H42N4. The molecule has 0 N–H and O–H groups in total. The minimum Gasteiger partial charge on any atom is -0.312 e. The zero-order valence-corrected chi connectivity index (χ0v) is 18.8. The highest BCUT2D eigenvalue weighted by Gasteiger charge is 1.91. The predicted molar refractivity (Wildman–Crippen MR) is 114 cm³/mol. The van der Waals surface area contributed by atoms with Crippen molar-refractivity contribution in [3.05, 3.63) is 53.9 Å². The maximum absolute atomic E-state index is 4.01. The number of aromatic nitrogens is 3. The molecule has 4 nitrogen and oxygen atoms in total. The van der Waals surface area contributed by atoms with E-state index < -0.39 is 0 Å². The van der Waals surface area contributed by atoms with E-state index in [1.807, 2.05) is 125 Å². The second kappa shape index (κ2) is 27.1. The Bertz CT molecular complexity index is 363. The van der Waals surface area contributed by atoms with Gasteiger partial charge >= 0.3 is 0 Å². The van der Waals surface area contributed by atoms with Crippen molar-refractivity contribution in [3.63, 3.8) is 0 Å². The van der Waals surface area contributed by atoms with Crippen LogP contribution >= 0.6 is 0 Å². The summed E-state index contributed by atoms with van der Waals surface area (Å²) < 4.78 is 0. The van der Waals surface area contributed by atoms with Crippen LogP contribution in [0.2, 0.25) is 0 Å². The molecule has 1 heterocycles. The third-order valence-electron chi connectivity index (χ3n) is 1.64. The normalized spacial score (nSPS) is 7.56. The zero-order valence-electron chi connectivity index (χ0n) is 18.8. The summed E-state index contributed by atoms with van der Waals surface area (Å²) in [5.41, 5.74) is 0. The van der Waals surface area contributed by atoms with Gasteiger partial charge in [0.1, 0.15) is 17.5 Å². The third kappa shape index (κ3) is 34.5. The third-order valence-corrected chi connectivity index (χ3v) is 1.64. The molecule has 0 radical (unpaired) electrons. The first-order valence-corrected chi connectivity index (χ1v) is 9.18. The SMILES string of the molecule is CC.CC.CC.CN(C)C.Cc1nc(C)nc(C)n1.c1ccccc1. The average Bonchev–Trinajstić information content (AvgIpc) is 2.61. The minimum atomic E-state index is 0.792. The summed E-state index contributed by atoms with van der Waals surface area (Å²) in [7, 11) is 6.00. The standard InChI is InChI=1S/C6H9N3.C6H6.C3H9N.3C2H6/c1-4-7-5(2)9-6(3)8-4;1-2-4-6-5-3-1;1-4(2)3;3*1-2/h1-3H3;1-6H;1-3H3;3*1-2H3. The minimum absolute atomic E-state index is 0.792. The molecule has 1 aromatic heterocycles. The molecule has 0 amide bonds. The number of hydrogen-bond donors (Lipinski definition) is 0. The second-order valence-corrected chi connectivity index (χ2v) is 4.47. The molecule has 1 aromatic carbocycles. The van der Waals surface area contributed by atoms with Gasteiger partial charge < -0.3 is 4.90 Å². The summed E-state index contributed by atoms with van der Waals surface area (Å²) in [4.78, 5) is 14.0. The Morgan fingerprint density at radius 1 is 0.480 bits per heavy atom. The van der Waals surface area contributed by atoms with Gasteiger partial charge in [-0.3, -0.25) is 0 Å². The van der Waals surface area contributed by atoms with E-state index in [4.69, 9.17) is 0 Å². The highest BCUT2D eigenvalue weighted by molar-refractivity contribution is 4.99. The quantitative estimate of drug-likeness (QED) is 0.607. The molecule has 0 aliphatic heterocycles. The molecule has 146 valence electrons. The van der Waals surface area contributed by atoms with Gasteiger partial charge in [0.2, 0.25) is 0 Å². The summed E-state index contributed by atoms with van der Waals surface area (Å²) in [6, 6.07) is 12.0. The van der Waals surface area contributed by atoms with Crippen molar-refractivity contribution in [3.8, 4) is 0 Å². The topological polar surface area (TPSA) is 41.9 Å². The molecule has 4 heteroatoms. The molecule has 0 aliphatic rings. The number of nitrogens with zero attached hydrogens (tertiary/aromatic N) is 4. The molecule has 0 unspecified atom stereocenters. The van der Waals surface area contributed by atoms with Gasteiger partial charge in [-0.1, -0.05) is 77.9 Å². The number of benzene rings is 1. The van der Waals surface area contributed by atoms with Crippen LogP contribution in [0.25, 0.3) is 0 Å². The molecule has 0 spiro atoms. The van der Waals surface area contributed by atoms with Crippen LogP contribution in [-0.2, 0) is 0 Å². The summed E-state index contributed by atoms with van der Waals surface area (Å²) in [6.45, 7) is 17.6. The maximum Gasteiger partial charge on any atom is 0.129 e. The Morgan fingerprint density at radius 2 is 0.600 bits per heavy atom. The monoisotopic (exact) mass is 350 g/mol. The lowest BCUT2D eigenvalue weighted by Crippen LogP contribution is -1.99. The molecule has 0 aliphatic carbocycles. The number of aryl methyl sites for hydroxylation is 3. The van der Waals surface area contributed by atoms with Gasteiger partial charge in [-0.2, -0.15) is 0 Å². The Labute approximate surface area is 157 Å². The fourth-order valence-electron chi connectivity index (χ4n) is 1.16. The number of rotatable bonds is 0. The van der Waals surface area contributed by atoms with Crippen LogP contribution in [0.5, 0.6) is 0 Å². The highest BCUT2D eigenvalue weighted by Crippen LogP contribution is 1.90. The van der Waals surface area contributed by atoms with Crippen molar-refractivity contribution >= 4 is 0 Å².